The molecule has 56 valence electrons. The van der Waals surface area contributed by atoms with Crippen molar-refractivity contribution in [3.8, 4) is 0 Å². The van der Waals surface area contributed by atoms with Crippen molar-refractivity contribution in [2.75, 3.05) is 0 Å². The molecule has 7 nitrogen and oxygen atoms in total. The van der Waals surface area contributed by atoms with Crippen LogP contribution in [-0.2, 0) is 19.5 Å². The topological polar surface area (TPSA) is 158 Å². The average molecular weight is 249 g/mol. The van der Waals surface area contributed by atoms with Gasteiger partial charge in [-0.15, -0.1) is 0 Å². The minimum Gasteiger partial charge on any atom is -0.652 e. The van der Waals surface area contributed by atoms with E-state index in [-0.39, 0.29) is 84.1 Å². The van der Waals surface area contributed by atoms with Crippen LogP contribution in [0.25, 0.3) is 0 Å². The van der Waals surface area contributed by atoms with Gasteiger partial charge < -0.3 is 35.5 Å². The molecule has 0 rings (SSSR count). The molecule has 0 radical (unpaired) electrons. The first-order chi connectivity index (χ1) is 3.46. The van der Waals surface area contributed by atoms with Crippen LogP contribution in [0.3, 0.4) is 0 Å². The quantitative estimate of drug-likeness (QED) is 0.388. The molecule has 0 aromatic carbocycles. The standard InChI is InChI=1S/2CH2O3.2Na.H2O.Zn/c2*2-1(3)4;;;;/h2*(H2,2,3,4);;;1H2;/q;;2*+1;;+2/p-4. The second-order valence-electron chi connectivity index (χ2n) is 0.500. The summed E-state index contributed by atoms with van der Waals surface area (Å²) < 4.78 is 0. The number of carboxylic acid groups (broad SMARTS) is 4. The molecule has 0 fully saturated rings. The van der Waals surface area contributed by atoms with Gasteiger partial charge in [0, 0.05) is 0 Å². The Morgan fingerprint density at radius 2 is 0.750 bits per heavy atom. The SMILES string of the molecule is O.O=C([O-])[O-].O=C([O-])[O-].[Na+].[Na+].[Zn+2]. The van der Waals surface area contributed by atoms with Gasteiger partial charge in [0.2, 0.25) is 0 Å². The molecule has 0 spiro atoms. The molecule has 0 unspecified atom stereocenters. The van der Waals surface area contributed by atoms with Crippen LogP contribution in [0.2, 0.25) is 0 Å². The molecule has 10 heteroatoms. The van der Waals surface area contributed by atoms with Gasteiger partial charge >= 0.3 is 78.6 Å². The predicted molar refractivity (Wildman–Crippen MR) is 14.4 cm³/mol. The third-order valence-corrected chi connectivity index (χ3v) is 0. The zero-order valence-electron chi connectivity index (χ0n) is 6.66. The summed E-state index contributed by atoms with van der Waals surface area (Å²) in [6.07, 6.45) is -4.67. The van der Waals surface area contributed by atoms with Crippen LogP contribution < -0.4 is 79.5 Å². The fourth-order valence-electron chi connectivity index (χ4n) is 0. The first-order valence-electron chi connectivity index (χ1n) is 1.22. The van der Waals surface area contributed by atoms with E-state index in [0.717, 1.165) is 0 Å². The Morgan fingerprint density at radius 1 is 0.750 bits per heavy atom. The molecular weight excluding hydrogens is 247 g/mol. The van der Waals surface area contributed by atoms with Crippen LogP contribution in [0, 0.1) is 0 Å². The first-order valence-corrected chi connectivity index (χ1v) is 1.22. The average Bonchev–Trinajstić information content (AvgIpc) is 1.25. The number of carbonyl (C=O) groups excluding carboxylic acids is 2. The fourth-order valence-corrected chi connectivity index (χ4v) is 0. The van der Waals surface area contributed by atoms with E-state index in [4.69, 9.17) is 30.0 Å². The molecule has 0 amide bonds. The maximum absolute atomic E-state index is 8.33. The second kappa shape index (κ2) is 29.6. The summed E-state index contributed by atoms with van der Waals surface area (Å²) in [4.78, 5) is 16.7. The van der Waals surface area contributed by atoms with Crippen LogP contribution in [0.1, 0.15) is 0 Å². The van der Waals surface area contributed by atoms with Crippen molar-refractivity contribution in [1.29, 1.82) is 0 Å². The summed E-state index contributed by atoms with van der Waals surface area (Å²) in [6.45, 7) is 0. The summed E-state index contributed by atoms with van der Waals surface area (Å²) in [5.74, 6) is 0. The zero-order valence-corrected chi connectivity index (χ0v) is 13.6. The molecule has 0 heterocycles. The van der Waals surface area contributed by atoms with Gasteiger partial charge in [-0.3, -0.25) is 0 Å². The van der Waals surface area contributed by atoms with Gasteiger partial charge in [-0.1, -0.05) is 0 Å². The van der Waals surface area contributed by atoms with Gasteiger partial charge in [-0.05, 0) is 12.3 Å². The molecule has 2 N–H and O–H groups in total. The third-order valence-electron chi connectivity index (χ3n) is 0. The summed E-state index contributed by atoms with van der Waals surface area (Å²) in [6, 6.07) is 0. The Bertz CT molecular complexity index is 77.4. The van der Waals surface area contributed by atoms with E-state index in [1.807, 2.05) is 0 Å². The Hall–Kier alpha value is 1.12. The van der Waals surface area contributed by atoms with Crippen molar-refractivity contribution >= 4 is 12.3 Å². The van der Waals surface area contributed by atoms with Crippen LogP contribution in [0.15, 0.2) is 0 Å². The van der Waals surface area contributed by atoms with E-state index in [1.165, 1.54) is 0 Å². The molecular formula is C2H2Na2O7Zn. The normalized spacial score (nSPS) is 4.00. The molecule has 0 saturated heterocycles. The van der Waals surface area contributed by atoms with E-state index >= 15 is 0 Å². The van der Waals surface area contributed by atoms with Crippen LogP contribution >= 0.6 is 0 Å². The summed E-state index contributed by atoms with van der Waals surface area (Å²) >= 11 is 0. The third kappa shape index (κ3) is 903. The molecule has 0 atom stereocenters. The van der Waals surface area contributed by atoms with E-state index in [1.54, 1.807) is 0 Å². The van der Waals surface area contributed by atoms with Crippen molar-refractivity contribution in [3.05, 3.63) is 0 Å². The molecule has 0 aliphatic heterocycles. The number of rotatable bonds is 0. The monoisotopic (exact) mass is 248 g/mol. The van der Waals surface area contributed by atoms with Crippen LogP contribution in [-0.4, -0.2) is 17.8 Å². The Labute approximate surface area is 125 Å². The molecule has 0 aliphatic rings. The Morgan fingerprint density at radius 3 is 0.750 bits per heavy atom. The first kappa shape index (κ1) is 38.0. The Kier molecular flexibility index (Phi) is 93.6. The largest absolute Gasteiger partial charge is 2.00 e. The van der Waals surface area contributed by atoms with Crippen LogP contribution in [0.5, 0.6) is 0 Å². The fraction of sp³-hybridized carbons (Fsp3) is 0. The molecule has 0 aromatic heterocycles. The maximum atomic E-state index is 8.33. The predicted octanol–water partition coefficient (Wildman–Crippen LogP) is -11.7. The van der Waals surface area contributed by atoms with Crippen LogP contribution in [0.4, 0.5) is 9.59 Å². The van der Waals surface area contributed by atoms with E-state index in [0.29, 0.717) is 0 Å². The van der Waals surface area contributed by atoms with Crippen molar-refractivity contribution < 1.29 is 114 Å². The summed E-state index contributed by atoms with van der Waals surface area (Å²) in [5.41, 5.74) is 0. The number of hydrogen-bond donors (Lipinski definition) is 0. The van der Waals surface area contributed by atoms with Gasteiger partial charge in [0.05, 0.1) is 0 Å². The molecule has 0 bridgehead atoms. The smallest absolute Gasteiger partial charge is 0.652 e. The van der Waals surface area contributed by atoms with Gasteiger partial charge in [-0.25, -0.2) is 0 Å². The molecule has 12 heavy (non-hydrogen) atoms. The van der Waals surface area contributed by atoms with Gasteiger partial charge in [0.1, 0.15) is 0 Å². The Balaban J connectivity index is -0.0000000112. The molecule has 0 saturated carbocycles. The minimum atomic E-state index is -2.33. The number of hydrogen-bond acceptors (Lipinski definition) is 6. The van der Waals surface area contributed by atoms with Crippen molar-refractivity contribution in [2.45, 2.75) is 0 Å². The zero-order chi connectivity index (χ0) is 7.15. The summed E-state index contributed by atoms with van der Waals surface area (Å²) in [5, 5.41) is 33.3. The van der Waals surface area contributed by atoms with Gasteiger partial charge in [0.15, 0.2) is 0 Å². The number of carbonyl (C=O) groups is 2. The van der Waals surface area contributed by atoms with Gasteiger partial charge in [0.25, 0.3) is 0 Å². The molecule has 0 aromatic rings. The van der Waals surface area contributed by atoms with Crippen molar-refractivity contribution in [3.63, 3.8) is 0 Å². The molecule has 0 aliphatic carbocycles. The second-order valence-corrected chi connectivity index (χ2v) is 0.500. The van der Waals surface area contributed by atoms with E-state index in [9.17, 15) is 0 Å². The van der Waals surface area contributed by atoms with Crippen molar-refractivity contribution in [2.24, 2.45) is 0 Å². The van der Waals surface area contributed by atoms with E-state index < -0.39 is 12.3 Å². The van der Waals surface area contributed by atoms with Crippen molar-refractivity contribution in [1.82, 2.24) is 0 Å². The maximum Gasteiger partial charge on any atom is 2.00 e. The summed E-state index contributed by atoms with van der Waals surface area (Å²) in [7, 11) is 0. The van der Waals surface area contributed by atoms with Gasteiger partial charge in [-0.2, -0.15) is 0 Å². The van der Waals surface area contributed by atoms with E-state index in [2.05, 4.69) is 0 Å². The minimum absolute atomic E-state index is 0.